The second-order valence-corrected chi connectivity index (χ2v) is 6.95. The van der Waals surface area contributed by atoms with Crippen molar-refractivity contribution >= 4 is 17.3 Å². The van der Waals surface area contributed by atoms with E-state index in [9.17, 15) is 4.79 Å². The Morgan fingerprint density at radius 1 is 1.00 bits per heavy atom. The topological polar surface area (TPSA) is 94.0 Å². The highest BCUT2D eigenvalue weighted by Gasteiger charge is 2.11. The maximum atomic E-state index is 12.6. The fraction of sp³-hybridized carbons (Fsp3) is 0.130. The minimum absolute atomic E-state index is 0.0940. The predicted octanol–water partition coefficient (Wildman–Crippen LogP) is 4.12. The Morgan fingerprint density at radius 2 is 1.77 bits per heavy atom. The van der Waals surface area contributed by atoms with Crippen molar-refractivity contribution in [3.8, 4) is 17.2 Å². The molecule has 0 unspecified atom stereocenters. The highest BCUT2D eigenvalue weighted by atomic mass is 16.5. The maximum Gasteiger partial charge on any atom is 0.243 e. The number of ether oxygens (including phenoxy) is 1. The van der Waals surface area contributed by atoms with Crippen LogP contribution in [0.2, 0.25) is 0 Å². The number of carbonyl (C=O) groups is 1. The summed E-state index contributed by atoms with van der Waals surface area (Å²) in [6.07, 6.45) is 0. The van der Waals surface area contributed by atoms with E-state index in [1.165, 1.54) is 0 Å². The molecule has 0 spiro atoms. The molecule has 1 heterocycles. The number of hydrogen-bond donors (Lipinski definition) is 2. The summed E-state index contributed by atoms with van der Waals surface area (Å²) >= 11 is 0. The zero-order valence-electron chi connectivity index (χ0n) is 17.2. The van der Waals surface area contributed by atoms with Gasteiger partial charge in [0, 0.05) is 5.69 Å². The third kappa shape index (κ3) is 4.87. The van der Waals surface area contributed by atoms with Crippen molar-refractivity contribution in [2.75, 3.05) is 17.2 Å². The molecule has 156 valence electrons. The van der Waals surface area contributed by atoms with E-state index in [4.69, 9.17) is 4.74 Å². The van der Waals surface area contributed by atoms with Crippen LogP contribution in [0.3, 0.4) is 0 Å². The summed E-state index contributed by atoms with van der Waals surface area (Å²) in [6.45, 7) is 3.91. The molecule has 0 aliphatic rings. The van der Waals surface area contributed by atoms with Crippen molar-refractivity contribution in [1.82, 2.24) is 20.2 Å². The number of aromatic nitrogens is 4. The summed E-state index contributed by atoms with van der Waals surface area (Å²) in [4.78, 5) is 12.6. The molecule has 8 nitrogen and oxygen atoms in total. The fourth-order valence-corrected chi connectivity index (χ4v) is 3.05. The molecule has 0 saturated carbocycles. The molecule has 0 atom stereocenters. The van der Waals surface area contributed by atoms with Crippen LogP contribution >= 0.6 is 0 Å². The lowest BCUT2D eigenvalue weighted by atomic mass is 10.2. The van der Waals surface area contributed by atoms with Crippen LogP contribution in [0.1, 0.15) is 11.4 Å². The Labute approximate surface area is 179 Å². The Kier molecular flexibility index (Phi) is 5.89. The van der Waals surface area contributed by atoms with Gasteiger partial charge in [-0.15, -0.1) is 5.10 Å². The van der Waals surface area contributed by atoms with Gasteiger partial charge in [0.1, 0.15) is 5.75 Å². The normalized spacial score (nSPS) is 10.5. The van der Waals surface area contributed by atoms with Crippen LogP contribution in [0.4, 0.5) is 11.4 Å². The number of nitrogens with one attached hydrogen (secondary N) is 2. The predicted molar refractivity (Wildman–Crippen MR) is 119 cm³/mol. The van der Waals surface area contributed by atoms with Crippen molar-refractivity contribution < 1.29 is 9.53 Å². The summed E-state index contributed by atoms with van der Waals surface area (Å²) in [5.41, 5.74) is 3.28. The summed E-state index contributed by atoms with van der Waals surface area (Å²) in [5.74, 6) is 1.78. The number of carbonyl (C=O) groups excluding carboxylic acids is 1. The van der Waals surface area contributed by atoms with Gasteiger partial charge in [0.15, 0.2) is 11.6 Å². The third-order valence-corrected chi connectivity index (χ3v) is 4.65. The lowest BCUT2D eigenvalue weighted by Crippen LogP contribution is -2.22. The molecule has 0 radical (unpaired) electrons. The molecule has 4 rings (SSSR count). The highest BCUT2D eigenvalue weighted by Crippen LogP contribution is 2.29. The SMILES string of the molecule is Cc1ccc(NCC(=O)Nc2ccccc2Oc2ccccc2)cc1-n1nnnc1C. The Morgan fingerprint density at radius 3 is 2.55 bits per heavy atom. The minimum Gasteiger partial charge on any atom is -0.455 e. The van der Waals surface area contributed by atoms with Crippen LogP contribution in [-0.4, -0.2) is 32.7 Å². The van der Waals surface area contributed by atoms with Gasteiger partial charge < -0.3 is 15.4 Å². The number of anilines is 2. The number of aryl methyl sites for hydroxylation is 2. The van der Waals surface area contributed by atoms with E-state index in [1.54, 1.807) is 10.7 Å². The molecule has 8 heteroatoms. The van der Waals surface area contributed by atoms with Crippen LogP contribution in [-0.2, 0) is 4.79 Å². The average molecular weight is 414 g/mol. The number of benzene rings is 3. The Balaban J connectivity index is 1.42. The van der Waals surface area contributed by atoms with Gasteiger partial charge in [0.2, 0.25) is 5.91 Å². The Hall–Kier alpha value is -4.20. The molecule has 1 aromatic heterocycles. The number of rotatable bonds is 7. The first kappa shape index (κ1) is 20.1. The van der Waals surface area contributed by atoms with Crippen molar-refractivity contribution in [2.45, 2.75) is 13.8 Å². The number of tetrazole rings is 1. The molecular formula is C23H22N6O2. The molecule has 1 amide bonds. The van der Waals surface area contributed by atoms with E-state index in [2.05, 4.69) is 26.2 Å². The standard InChI is InChI=1S/C23H22N6O2/c1-16-12-13-18(14-21(16)29-17(2)26-27-28-29)24-15-23(30)25-20-10-6-7-11-22(20)31-19-8-4-3-5-9-19/h3-14,24H,15H2,1-2H3,(H,25,30). The van der Waals surface area contributed by atoms with Crippen LogP contribution in [0.25, 0.3) is 5.69 Å². The first-order valence-corrected chi connectivity index (χ1v) is 9.82. The van der Waals surface area contributed by atoms with E-state index < -0.39 is 0 Å². The zero-order chi connectivity index (χ0) is 21.6. The van der Waals surface area contributed by atoms with E-state index in [0.29, 0.717) is 23.0 Å². The highest BCUT2D eigenvalue weighted by molar-refractivity contribution is 5.95. The smallest absolute Gasteiger partial charge is 0.243 e. The number of amides is 1. The van der Waals surface area contributed by atoms with Gasteiger partial charge in [-0.1, -0.05) is 36.4 Å². The van der Waals surface area contributed by atoms with E-state index in [1.807, 2.05) is 80.6 Å². The molecule has 4 aromatic rings. The van der Waals surface area contributed by atoms with Gasteiger partial charge in [-0.05, 0) is 66.2 Å². The monoisotopic (exact) mass is 414 g/mol. The molecule has 3 aromatic carbocycles. The van der Waals surface area contributed by atoms with Crippen molar-refractivity contribution in [2.24, 2.45) is 0 Å². The second kappa shape index (κ2) is 9.08. The van der Waals surface area contributed by atoms with Gasteiger partial charge in [-0.3, -0.25) is 4.79 Å². The number of hydrogen-bond acceptors (Lipinski definition) is 6. The van der Waals surface area contributed by atoms with Gasteiger partial charge in [-0.25, -0.2) is 0 Å². The first-order valence-electron chi connectivity index (χ1n) is 9.82. The molecule has 0 fully saturated rings. The molecule has 2 N–H and O–H groups in total. The molecule has 0 bridgehead atoms. The largest absolute Gasteiger partial charge is 0.455 e. The van der Waals surface area contributed by atoms with Crippen LogP contribution < -0.4 is 15.4 Å². The van der Waals surface area contributed by atoms with Crippen LogP contribution in [0.5, 0.6) is 11.5 Å². The minimum atomic E-state index is -0.190. The first-order chi connectivity index (χ1) is 15.1. The number of nitrogens with zero attached hydrogens (tertiary/aromatic N) is 4. The molecule has 0 aliphatic heterocycles. The zero-order valence-corrected chi connectivity index (χ0v) is 17.2. The average Bonchev–Trinajstić information content (AvgIpc) is 3.21. The third-order valence-electron chi connectivity index (χ3n) is 4.65. The van der Waals surface area contributed by atoms with E-state index in [-0.39, 0.29) is 12.5 Å². The molecular weight excluding hydrogens is 392 g/mol. The summed E-state index contributed by atoms with van der Waals surface area (Å²) in [7, 11) is 0. The molecule has 31 heavy (non-hydrogen) atoms. The van der Waals surface area contributed by atoms with Gasteiger partial charge in [0.05, 0.1) is 17.9 Å². The number of para-hydroxylation sites is 3. The Bertz CT molecular complexity index is 1190. The van der Waals surface area contributed by atoms with Gasteiger partial charge in [-0.2, -0.15) is 4.68 Å². The van der Waals surface area contributed by atoms with Crippen molar-refractivity contribution in [1.29, 1.82) is 0 Å². The van der Waals surface area contributed by atoms with E-state index in [0.717, 1.165) is 16.9 Å². The van der Waals surface area contributed by atoms with Gasteiger partial charge in [0.25, 0.3) is 0 Å². The summed E-state index contributed by atoms with van der Waals surface area (Å²) in [6, 6.07) is 22.6. The second-order valence-electron chi connectivity index (χ2n) is 6.95. The molecule has 0 saturated heterocycles. The van der Waals surface area contributed by atoms with Crippen molar-refractivity contribution in [3.63, 3.8) is 0 Å². The van der Waals surface area contributed by atoms with Crippen LogP contribution in [0, 0.1) is 13.8 Å². The van der Waals surface area contributed by atoms with Gasteiger partial charge >= 0.3 is 0 Å². The molecule has 0 aliphatic carbocycles. The lowest BCUT2D eigenvalue weighted by molar-refractivity contribution is -0.114. The lowest BCUT2D eigenvalue weighted by Gasteiger charge is -2.13. The van der Waals surface area contributed by atoms with Crippen molar-refractivity contribution in [3.05, 3.63) is 84.2 Å². The quantitative estimate of drug-likeness (QED) is 0.472. The summed E-state index contributed by atoms with van der Waals surface area (Å²) in [5, 5.41) is 17.7. The maximum absolute atomic E-state index is 12.6. The summed E-state index contributed by atoms with van der Waals surface area (Å²) < 4.78 is 7.56. The fourth-order valence-electron chi connectivity index (χ4n) is 3.05. The van der Waals surface area contributed by atoms with Crippen LogP contribution in [0.15, 0.2) is 72.8 Å². The van der Waals surface area contributed by atoms with E-state index >= 15 is 0 Å².